The number of aliphatic hydroxyl groups excluding tert-OH is 1. The molecule has 13 heteroatoms. The van der Waals surface area contributed by atoms with E-state index in [4.69, 9.17) is 9.47 Å². The van der Waals surface area contributed by atoms with Gasteiger partial charge in [0.2, 0.25) is 15.9 Å². The predicted octanol–water partition coefficient (Wildman–Crippen LogP) is 3.48. The van der Waals surface area contributed by atoms with Crippen molar-refractivity contribution >= 4 is 27.3 Å². The maximum atomic E-state index is 13.4. The molecule has 3 N–H and O–H groups in total. The third kappa shape index (κ3) is 6.00. The first-order chi connectivity index (χ1) is 18.3. The lowest BCUT2D eigenvalue weighted by Crippen LogP contribution is -2.53. The van der Waals surface area contributed by atoms with Gasteiger partial charge in [0.25, 0.3) is 5.69 Å². The molecule has 0 saturated heterocycles. The van der Waals surface area contributed by atoms with Gasteiger partial charge in [0.05, 0.1) is 35.5 Å². The Morgan fingerprint density at radius 2 is 1.79 bits per heavy atom. The zero-order valence-corrected chi connectivity index (χ0v) is 22.0. The molecule has 1 aliphatic rings. The van der Waals surface area contributed by atoms with E-state index < -0.39 is 50.1 Å². The highest BCUT2D eigenvalue weighted by atomic mass is 32.2. The first-order valence-corrected chi connectivity index (χ1v) is 13.2. The van der Waals surface area contributed by atoms with Crippen LogP contribution in [0.5, 0.6) is 11.5 Å². The summed E-state index contributed by atoms with van der Waals surface area (Å²) in [6, 6.07) is 11.7. The number of carbonyl (C=O) groups excluding carboxylic acids is 1. The van der Waals surface area contributed by atoms with E-state index in [1.807, 2.05) is 0 Å². The Balaban J connectivity index is 1.71. The third-order valence-electron chi connectivity index (χ3n) is 6.26. The van der Waals surface area contributed by atoms with Gasteiger partial charge in [0.15, 0.2) is 0 Å². The van der Waals surface area contributed by atoms with Crippen molar-refractivity contribution in [1.82, 2.24) is 4.72 Å². The van der Waals surface area contributed by atoms with E-state index in [9.17, 15) is 32.8 Å². The number of fused-ring (bicyclic) bond motifs is 1. The van der Waals surface area contributed by atoms with Crippen LogP contribution in [-0.4, -0.2) is 43.2 Å². The van der Waals surface area contributed by atoms with E-state index in [0.717, 1.165) is 30.3 Å². The van der Waals surface area contributed by atoms with E-state index in [1.54, 1.807) is 24.3 Å². The average molecular weight is 560 g/mol. The van der Waals surface area contributed by atoms with Gasteiger partial charge in [0.1, 0.15) is 34.7 Å². The summed E-state index contributed by atoms with van der Waals surface area (Å²) in [5.74, 6) is -0.643. The van der Waals surface area contributed by atoms with Crippen LogP contribution in [0.15, 0.2) is 65.6 Å². The van der Waals surface area contributed by atoms with Crippen molar-refractivity contribution in [2.45, 2.75) is 42.9 Å². The normalized spacial score (nSPS) is 18.0. The molecule has 1 amide bonds. The Kier molecular flexibility index (Phi) is 7.59. The molecule has 1 heterocycles. The topological polar surface area (TPSA) is 157 Å². The number of aliphatic hydroxyl groups is 1. The Hall–Kier alpha value is -4.07. The monoisotopic (exact) mass is 559 g/mol. The van der Waals surface area contributed by atoms with Gasteiger partial charge in [-0.25, -0.2) is 17.5 Å². The number of sulfonamides is 1. The Morgan fingerprint density at radius 1 is 1.15 bits per heavy atom. The fourth-order valence-corrected chi connectivity index (χ4v) is 5.40. The molecule has 206 valence electrons. The lowest BCUT2D eigenvalue weighted by atomic mass is 9.86. The quantitative estimate of drug-likeness (QED) is 0.280. The molecule has 3 aromatic carbocycles. The molecule has 4 rings (SSSR count). The van der Waals surface area contributed by atoms with Crippen LogP contribution in [0.25, 0.3) is 0 Å². The number of hydrogen-bond acceptors (Lipinski definition) is 8. The summed E-state index contributed by atoms with van der Waals surface area (Å²) in [5.41, 5.74) is -1.35. The molecule has 39 heavy (non-hydrogen) atoms. The highest BCUT2D eigenvalue weighted by Crippen LogP contribution is 2.45. The average Bonchev–Trinajstić information content (AvgIpc) is 2.87. The summed E-state index contributed by atoms with van der Waals surface area (Å²) in [6.45, 7) is 2.99. The van der Waals surface area contributed by atoms with Gasteiger partial charge < -0.3 is 19.9 Å². The summed E-state index contributed by atoms with van der Waals surface area (Å²) in [4.78, 5) is 23.7. The van der Waals surface area contributed by atoms with Crippen LogP contribution in [0.2, 0.25) is 0 Å². The Labute approximate surface area is 223 Å². The number of hydrogen-bond donors (Lipinski definition) is 3. The summed E-state index contributed by atoms with van der Waals surface area (Å²) in [7, 11) is -2.77. The third-order valence-corrected chi connectivity index (χ3v) is 7.72. The lowest BCUT2D eigenvalue weighted by Gasteiger charge is -2.42. The smallest absolute Gasteiger partial charge is 0.296 e. The SMILES string of the molecule is COc1ccc(CC(=O)Nc2cc3c(cc2[N+](=O)[O-])OC(C)(C)[C@H](O)[C@H]3NS(=O)(=O)c2ccc(F)cc2)cc1. The number of halogens is 1. The number of benzene rings is 3. The standard InChI is InChI=1S/C26H26FN3O8S/c1-26(2)25(32)24(29-39(35,36)18-10-6-16(27)7-11-18)19-13-20(21(30(33)34)14-22(19)38-26)28-23(31)12-15-4-8-17(37-3)9-5-15/h4-11,13-14,24-25,29,32H,12H2,1-3H3,(H,28,31)/t24-,25+/m0/s1. The van der Waals surface area contributed by atoms with E-state index in [2.05, 4.69) is 10.0 Å². The van der Waals surface area contributed by atoms with Gasteiger partial charge in [-0.05, 0) is 61.9 Å². The second-order valence-corrected chi connectivity index (χ2v) is 11.2. The molecule has 2 atom stereocenters. The molecule has 0 spiro atoms. The number of nitrogens with one attached hydrogen (secondary N) is 2. The van der Waals surface area contributed by atoms with Crippen molar-refractivity contribution in [1.29, 1.82) is 0 Å². The van der Waals surface area contributed by atoms with Crippen LogP contribution in [-0.2, 0) is 21.2 Å². The van der Waals surface area contributed by atoms with Gasteiger partial charge in [0, 0.05) is 5.56 Å². The number of methoxy groups -OCH3 is 1. The highest BCUT2D eigenvalue weighted by molar-refractivity contribution is 7.89. The Bertz CT molecular complexity index is 1510. The minimum absolute atomic E-state index is 0.0445. The second kappa shape index (κ2) is 10.6. The van der Waals surface area contributed by atoms with Crippen molar-refractivity contribution < 1.29 is 37.1 Å². The number of nitro groups is 1. The number of anilines is 1. The van der Waals surface area contributed by atoms with E-state index >= 15 is 0 Å². The minimum Gasteiger partial charge on any atom is -0.497 e. The number of rotatable bonds is 8. The Morgan fingerprint density at radius 3 is 2.38 bits per heavy atom. The number of ether oxygens (including phenoxy) is 2. The molecule has 3 aromatic rings. The predicted molar refractivity (Wildman–Crippen MR) is 139 cm³/mol. The number of carbonyl (C=O) groups is 1. The first-order valence-electron chi connectivity index (χ1n) is 11.7. The molecule has 0 saturated carbocycles. The first kappa shape index (κ1) is 28.0. The summed E-state index contributed by atoms with van der Waals surface area (Å²) >= 11 is 0. The van der Waals surface area contributed by atoms with E-state index in [1.165, 1.54) is 27.0 Å². The molecule has 0 radical (unpaired) electrons. The van der Waals surface area contributed by atoms with Gasteiger partial charge in [-0.15, -0.1) is 0 Å². The van der Waals surface area contributed by atoms with Gasteiger partial charge in [-0.2, -0.15) is 0 Å². The summed E-state index contributed by atoms with van der Waals surface area (Å²) in [6.07, 6.45) is -1.55. The molecule has 0 fully saturated rings. The van der Waals surface area contributed by atoms with E-state index in [-0.39, 0.29) is 28.3 Å². The summed E-state index contributed by atoms with van der Waals surface area (Å²) in [5, 5.41) is 25.4. The fourth-order valence-electron chi connectivity index (χ4n) is 4.18. The molecule has 0 bridgehead atoms. The highest BCUT2D eigenvalue weighted by Gasteiger charge is 2.45. The van der Waals surface area contributed by atoms with Crippen molar-refractivity contribution in [3.05, 3.63) is 87.7 Å². The fraction of sp³-hybridized carbons (Fsp3) is 0.269. The van der Waals surface area contributed by atoms with Crippen LogP contribution in [0.4, 0.5) is 15.8 Å². The summed E-state index contributed by atoms with van der Waals surface area (Å²) < 4.78 is 52.8. The minimum atomic E-state index is -4.27. The van der Waals surface area contributed by atoms with Crippen molar-refractivity contribution in [3.63, 3.8) is 0 Å². The molecule has 0 aromatic heterocycles. The molecule has 11 nitrogen and oxygen atoms in total. The number of nitrogens with zero attached hydrogens (tertiary/aromatic N) is 1. The second-order valence-electron chi connectivity index (χ2n) is 9.44. The van der Waals surface area contributed by atoms with Crippen LogP contribution in [0.1, 0.15) is 31.0 Å². The molecule has 1 aliphatic heterocycles. The van der Waals surface area contributed by atoms with Crippen LogP contribution in [0, 0.1) is 15.9 Å². The molecule has 0 aliphatic carbocycles. The largest absolute Gasteiger partial charge is 0.497 e. The zero-order valence-electron chi connectivity index (χ0n) is 21.2. The molecular weight excluding hydrogens is 533 g/mol. The molecular formula is C26H26FN3O8S. The van der Waals surface area contributed by atoms with Gasteiger partial charge in [-0.3, -0.25) is 14.9 Å². The van der Waals surface area contributed by atoms with Crippen molar-refractivity contribution in [2.75, 3.05) is 12.4 Å². The van der Waals surface area contributed by atoms with Gasteiger partial charge in [-0.1, -0.05) is 12.1 Å². The zero-order chi connectivity index (χ0) is 28.5. The maximum Gasteiger partial charge on any atom is 0.296 e. The number of nitro benzene ring substituents is 1. The van der Waals surface area contributed by atoms with Crippen molar-refractivity contribution in [2.24, 2.45) is 0 Å². The van der Waals surface area contributed by atoms with Crippen molar-refractivity contribution in [3.8, 4) is 11.5 Å². The van der Waals surface area contributed by atoms with Gasteiger partial charge >= 0.3 is 0 Å². The van der Waals surface area contributed by atoms with E-state index in [0.29, 0.717) is 11.3 Å². The maximum absolute atomic E-state index is 13.4. The van der Waals surface area contributed by atoms with Crippen LogP contribution >= 0.6 is 0 Å². The number of amides is 1. The van der Waals surface area contributed by atoms with Crippen LogP contribution < -0.4 is 19.5 Å². The lowest BCUT2D eigenvalue weighted by molar-refractivity contribution is -0.384. The van der Waals surface area contributed by atoms with Crippen LogP contribution in [0.3, 0.4) is 0 Å². The molecule has 0 unspecified atom stereocenters.